The largest absolute Gasteiger partial charge is 0.347 e. The third-order valence-corrected chi connectivity index (χ3v) is 2.75. The summed E-state index contributed by atoms with van der Waals surface area (Å²) in [5, 5.41) is 6.82. The van der Waals surface area contributed by atoms with Crippen LogP contribution in [0, 0.1) is 0 Å². The van der Waals surface area contributed by atoms with Crippen molar-refractivity contribution in [3.63, 3.8) is 0 Å². The van der Waals surface area contributed by atoms with Crippen molar-refractivity contribution < 1.29 is 4.79 Å². The average Bonchev–Trinajstić information content (AvgIpc) is 2.46. The fraction of sp³-hybridized carbons (Fsp3) is 0.286. The maximum Gasteiger partial charge on any atom is 0.271 e. The zero-order valence-electron chi connectivity index (χ0n) is 11.4. The molecule has 0 aliphatic rings. The topological polar surface area (TPSA) is 76.9 Å². The number of hydrogen-bond acceptors (Lipinski definition) is 4. The molecular weight excluding hydrogens is 256 g/mol. The van der Waals surface area contributed by atoms with Crippen LogP contribution in [0.5, 0.6) is 0 Å². The number of hydrogen-bond donors (Lipinski definition) is 1. The van der Waals surface area contributed by atoms with E-state index >= 15 is 0 Å². The lowest BCUT2D eigenvalue weighted by atomic mass is 10.2. The van der Waals surface area contributed by atoms with E-state index in [4.69, 9.17) is 0 Å². The molecule has 6 nitrogen and oxygen atoms in total. The van der Waals surface area contributed by atoms with E-state index in [0.717, 1.165) is 5.56 Å². The summed E-state index contributed by atoms with van der Waals surface area (Å²) in [5.74, 6) is -0.309. The predicted octanol–water partition coefficient (Wildman–Crippen LogP) is 1.15. The van der Waals surface area contributed by atoms with Crippen molar-refractivity contribution in [2.45, 2.75) is 26.4 Å². The van der Waals surface area contributed by atoms with Crippen LogP contribution in [0.3, 0.4) is 0 Å². The highest BCUT2D eigenvalue weighted by atomic mass is 16.2. The molecule has 0 saturated heterocycles. The first-order valence-corrected chi connectivity index (χ1v) is 6.35. The van der Waals surface area contributed by atoms with E-state index in [1.165, 1.54) is 16.8 Å². The van der Waals surface area contributed by atoms with E-state index in [0.29, 0.717) is 6.54 Å². The van der Waals surface area contributed by atoms with Crippen molar-refractivity contribution >= 4 is 5.91 Å². The molecule has 0 atom stereocenters. The lowest BCUT2D eigenvalue weighted by Crippen LogP contribution is -2.30. The summed E-state index contributed by atoms with van der Waals surface area (Å²) in [7, 11) is 0. The predicted molar refractivity (Wildman–Crippen MR) is 74.3 cm³/mol. The number of nitrogens with zero attached hydrogens (tertiary/aromatic N) is 3. The van der Waals surface area contributed by atoms with Crippen molar-refractivity contribution in [1.82, 2.24) is 20.1 Å². The Labute approximate surface area is 116 Å². The van der Waals surface area contributed by atoms with Gasteiger partial charge in [0, 0.05) is 25.0 Å². The summed E-state index contributed by atoms with van der Waals surface area (Å²) in [6.07, 6.45) is 3.33. The van der Waals surface area contributed by atoms with Gasteiger partial charge in [-0.2, -0.15) is 5.10 Å². The van der Waals surface area contributed by atoms with Crippen LogP contribution in [0.15, 0.2) is 41.5 Å². The highest BCUT2D eigenvalue weighted by molar-refractivity contribution is 5.91. The van der Waals surface area contributed by atoms with Crippen molar-refractivity contribution in [1.29, 1.82) is 0 Å². The van der Waals surface area contributed by atoms with Crippen LogP contribution in [0.4, 0.5) is 0 Å². The molecule has 2 rings (SSSR count). The molecule has 0 fully saturated rings. The molecule has 2 aromatic heterocycles. The third-order valence-electron chi connectivity index (χ3n) is 2.75. The third kappa shape index (κ3) is 3.28. The van der Waals surface area contributed by atoms with E-state index in [9.17, 15) is 9.59 Å². The Bertz CT molecular complexity index is 650. The lowest BCUT2D eigenvalue weighted by molar-refractivity contribution is 0.0943. The number of rotatable bonds is 4. The van der Waals surface area contributed by atoms with E-state index in [1.807, 2.05) is 26.0 Å². The zero-order chi connectivity index (χ0) is 14.5. The molecule has 1 N–H and O–H groups in total. The van der Waals surface area contributed by atoms with Gasteiger partial charge in [-0.3, -0.25) is 14.6 Å². The summed E-state index contributed by atoms with van der Waals surface area (Å²) in [6, 6.07) is 6.35. The normalized spacial score (nSPS) is 10.6. The van der Waals surface area contributed by atoms with E-state index < -0.39 is 0 Å². The first-order chi connectivity index (χ1) is 9.58. The van der Waals surface area contributed by atoms with Crippen LogP contribution in [-0.4, -0.2) is 20.7 Å². The maximum absolute atomic E-state index is 12.0. The Kier molecular flexibility index (Phi) is 4.24. The Morgan fingerprint density at radius 1 is 1.25 bits per heavy atom. The Morgan fingerprint density at radius 2 is 1.95 bits per heavy atom. The SMILES string of the molecule is CC(C)n1nc(C(=O)NCc2ccncc2)ccc1=O. The molecule has 0 aromatic carbocycles. The van der Waals surface area contributed by atoms with Gasteiger partial charge in [-0.05, 0) is 37.6 Å². The molecule has 0 saturated carbocycles. The van der Waals surface area contributed by atoms with Gasteiger partial charge in [0.05, 0.1) is 6.04 Å². The van der Waals surface area contributed by atoms with Crippen molar-refractivity contribution in [3.05, 3.63) is 58.3 Å². The first kappa shape index (κ1) is 13.9. The number of amides is 1. The van der Waals surface area contributed by atoms with Gasteiger partial charge in [-0.15, -0.1) is 0 Å². The second-order valence-electron chi connectivity index (χ2n) is 4.63. The summed E-state index contributed by atoms with van der Waals surface area (Å²) in [5.41, 5.74) is 0.962. The number of carbonyl (C=O) groups excluding carboxylic acids is 1. The second-order valence-corrected chi connectivity index (χ2v) is 4.63. The second kappa shape index (κ2) is 6.10. The lowest BCUT2D eigenvalue weighted by Gasteiger charge is -2.10. The zero-order valence-corrected chi connectivity index (χ0v) is 11.4. The van der Waals surface area contributed by atoms with Crippen molar-refractivity contribution in [2.75, 3.05) is 0 Å². The molecule has 6 heteroatoms. The maximum atomic E-state index is 12.0. The Balaban J connectivity index is 2.10. The monoisotopic (exact) mass is 272 g/mol. The number of aromatic nitrogens is 3. The molecular formula is C14H16N4O2. The minimum Gasteiger partial charge on any atom is -0.347 e. The molecule has 0 aliphatic carbocycles. The van der Waals surface area contributed by atoms with Gasteiger partial charge >= 0.3 is 0 Å². The van der Waals surface area contributed by atoms with E-state index in [1.54, 1.807) is 12.4 Å². The van der Waals surface area contributed by atoms with Crippen molar-refractivity contribution in [2.24, 2.45) is 0 Å². The van der Waals surface area contributed by atoms with Gasteiger partial charge in [-0.1, -0.05) is 0 Å². The summed E-state index contributed by atoms with van der Waals surface area (Å²) in [4.78, 5) is 27.5. The number of carbonyl (C=O) groups is 1. The molecule has 2 aromatic rings. The molecule has 0 spiro atoms. The molecule has 0 bridgehead atoms. The first-order valence-electron chi connectivity index (χ1n) is 6.35. The Hall–Kier alpha value is -2.50. The van der Waals surface area contributed by atoms with Gasteiger partial charge in [0.25, 0.3) is 11.5 Å². The van der Waals surface area contributed by atoms with Crippen LogP contribution in [0.25, 0.3) is 0 Å². The molecule has 1 amide bonds. The van der Waals surface area contributed by atoms with E-state index in [2.05, 4.69) is 15.4 Å². The standard InChI is InChI=1S/C14H16N4O2/c1-10(2)18-13(19)4-3-12(17-18)14(20)16-9-11-5-7-15-8-6-11/h3-8,10H,9H2,1-2H3,(H,16,20). The number of pyridine rings is 1. The molecule has 0 unspecified atom stereocenters. The molecule has 0 radical (unpaired) electrons. The quantitative estimate of drug-likeness (QED) is 0.905. The van der Waals surface area contributed by atoms with Gasteiger partial charge in [-0.25, -0.2) is 4.68 Å². The van der Waals surface area contributed by atoms with Crippen LogP contribution < -0.4 is 10.9 Å². The van der Waals surface area contributed by atoms with Gasteiger partial charge in [0.1, 0.15) is 5.69 Å². The minimum atomic E-state index is -0.309. The smallest absolute Gasteiger partial charge is 0.271 e. The molecule has 104 valence electrons. The van der Waals surface area contributed by atoms with Crippen LogP contribution in [0.2, 0.25) is 0 Å². The summed E-state index contributed by atoms with van der Waals surface area (Å²) in [6.45, 7) is 4.07. The fourth-order valence-electron chi connectivity index (χ4n) is 1.69. The van der Waals surface area contributed by atoms with Gasteiger partial charge in [0.2, 0.25) is 0 Å². The summed E-state index contributed by atoms with van der Waals surface area (Å²) < 4.78 is 1.29. The molecule has 20 heavy (non-hydrogen) atoms. The highest BCUT2D eigenvalue weighted by Gasteiger charge is 2.10. The average molecular weight is 272 g/mol. The number of nitrogens with one attached hydrogen (secondary N) is 1. The highest BCUT2D eigenvalue weighted by Crippen LogP contribution is 2.00. The van der Waals surface area contributed by atoms with Crippen LogP contribution in [-0.2, 0) is 6.54 Å². The van der Waals surface area contributed by atoms with Gasteiger partial charge < -0.3 is 5.32 Å². The van der Waals surface area contributed by atoms with Crippen LogP contribution in [0.1, 0.15) is 35.9 Å². The molecule has 0 aliphatic heterocycles. The van der Waals surface area contributed by atoms with Crippen molar-refractivity contribution in [3.8, 4) is 0 Å². The molecule has 2 heterocycles. The summed E-state index contributed by atoms with van der Waals surface area (Å²) >= 11 is 0. The van der Waals surface area contributed by atoms with Gasteiger partial charge in [0.15, 0.2) is 0 Å². The fourth-order valence-corrected chi connectivity index (χ4v) is 1.69. The van der Waals surface area contributed by atoms with E-state index in [-0.39, 0.29) is 23.2 Å². The minimum absolute atomic E-state index is 0.0875. The van der Waals surface area contributed by atoms with Crippen LogP contribution >= 0.6 is 0 Å². The Morgan fingerprint density at radius 3 is 2.60 bits per heavy atom.